The molecular weight excluding hydrogens is 849 g/mol. The van der Waals surface area contributed by atoms with Crippen LogP contribution < -0.4 is 19.9 Å². The number of carbonyl (C=O) groups is 1. The van der Waals surface area contributed by atoms with Crippen molar-refractivity contribution in [3.63, 3.8) is 0 Å². The van der Waals surface area contributed by atoms with Gasteiger partial charge in [0.2, 0.25) is 5.91 Å². The average Bonchev–Trinajstić information content (AvgIpc) is 3.63. The number of rotatable bonds is 3. The van der Waals surface area contributed by atoms with Gasteiger partial charge in [0.05, 0.1) is 24.4 Å². The van der Waals surface area contributed by atoms with Gasteiger partial charge in [-0.05, 0) is 89.7 Å². The number of hydrogen-bond acceptors (Lipinski definition) is 8. The van der Waals surface area contributed by atoms with Crippen molar-refractivity contribution in [1.82, 2.24) is 15.6 Å². The summed E-state index contributed by atoms with van der Waals surface area (Å²) in [6.45, 7) is 29.4. The van der Waals surface area contributed by atoms with Crippen LogP contribution in [0.15, 0.2) is 76.0 Å². The molecule has 1 saturated heterocycles. The minimum absolute atomic E-state index is 0.0105. The molecule has 66 heavy (non-hydrogen) atoms. The van der Waals surface area contributed by atoms with Gasteiger partial charge in [-0.15, -0.1) is 8.78 Å². The lowest BCUT2D eigenvalue weighted by Crippen LogP contribution is -2.39. The summed E-state index contributed by atoms with van der Waals surface area (Å²) in [5.74, 6) is 4.01. The first-order valence-electron chi connectivity index (χ1n) is 23.0. The third kappa shape index (κ3) is 12.2. The number of halogens is 4. The number of carbonyl (C=O) groups excluding carboxylic acids is 1. The average molecular weight is 917 g/mol. The van der Waals surface area contributed by atoms with Crippen LogP contribution >= 0.6 is 0 Å². The molecule has 5 aromatic rings. The number of nitrogens with one attached hydrogen (secondary N) is 1. The molecule has 0 spiro atoms. The lowest BCUT2D eigenvalue weighted by molar-refractivity contribution is -0.286. The van der Waals surface area contributed by atoms with Crippen LogP contribution in [0.1, 0.15) is 156 Å². The zero-order chi connectivity index (χ0) is 48.7. The van der Waals surface area contributed by atoms with Crippen LogP contribution in [0.4, 0.5) is 23.4 Å². The van der Waals surface area contributed by atoms with Crippen molar-refractivity contribution in [2.75, 3.05) is 5.01 Å². The molecule has 2 aliphatic heterocycles. The van der Waals surface area contributed by atoms with Crippen molar-refractivity contribution in [2.45, 2.75) is 164 Å². The van der Waals surface area contributed by atoms with Crippen molar-refractivity contribution in [2.24, 2.45) is 17.3 Å². The van der Waals surface area contributed by atoms with Gasteiger partial charge >= 0.3 is 6.29 Å². The maximum atomic E-state index is 13.6. The summed E-state index contributed by atoms with van der Waals surface area (Å²) >= 11 is 0. The van der Waals surface area contributed by atoms with E-state index in [0.717, 1.165) is 64.5 Å². The number of fused-ring (bicyclic) bond motifs is 2. The van der Waals surface area contributed by atoms with E-state index >= 15 is 0 Å². The number of ether oxygens (including phenoxy) is 2. The number of amides is 1. The number of anilines is 1. The molecule has 9 rings (SSSR count). The van der Waals surface area contributed by atoms with Crippen LogP contribution in [-0.4, -0.2) is 28.4 Å². The van der Waals surface area contributed by atoms with Crippen LogP contribution in [-0.2, 0) is 33.9 Å². The van der Waals surface area contributed by atoms with Crippen LogP contribution in [0, 0.1) is 28.9 Å². The molecule has 4 unspecified atom stereocenters. The first kappa shape index (κ1) is 50.1. The third-order valence-electron chi connectivity index (χ3n) is 12.6. The van der Waals surface area contributed by atoms with Gasteiger partial charge in [-0.25, -0.2) is 13.8 Å². The fourth-order valence-electron chi connectivity index (χ4n) is 8.30. The Morgan fingerprint density at radius 2 is 1.42 bits per heavy atom. The highest BCUT2D eigenvalue weighted by atomic mass is 19.3. The molecule has 3 aromatic heterocycles. The number of benzene rings is 2. The summed E-state index contributed by atoms with van der Waals surface area (Å²) < 4.78 is 71.6. The zero-order valence-corrected chi connectivity index (χ0v) is 41.1. The number of nitrogens with zero attached hydrogens (tertiary/aromatic N) is 3. The monoisotopic (exact) mass is 917 g/mol. The van der Waals surface area contributed by atoms with Crippen LogP contribution in [0.3, 0.4) is 0 Å². The highest BCUT2D eigenvalue weighted by molar-refractivity contribution is 5.82. The predicted molar refractivity (Wildman–Crippen MR) is 250 cm³/mol. The maximum Gasteiger partial charge on any atom is 0.586 e. The summed E-state index contributed by atoms with van der Waals surface area (Å²) in [6.07, 6.45) is 4.96. The molecule has 4 atom stereocenters. The van der Waals surface area contributed by atoms with Gasteiger partial charge < -0.3 is 18.4 Å². The molecule has 1 saturated carbocycles. The number of aryl methyl sites for hydroxylation is 1. The van der Waals surface area contributed by atoms with E-state index in [1.54, 1.807) is 27.0 Å². The van der Waals surface area contributed by atoms with E-state index in [1.807, 2.05) is 36.4 Å². The Morgan fingerprint density at radius 1 is 0.803 bits per heavy atom. The Hall–Kier alpha value is -5.33. The van der Waals surface area contributed by atoms with E-state index in [9.17, 15) is 22.4 Å². The maximum absolute atomic E-state index is 13.6. The Morgan fingerprint density at radius 3 is 1.95 bits per heavy atom. The van der Waals surface area contributed by atoms with Crippen molar-refractivity contribution >= 4 is 11.7 Å². The quantitative estimate of drug-likeness (QED) is 0.179. The molecule has 4 aliphatic rings. The van der Waals surface area contributed by atoms with Gasteiger partial charge in [0.25, 0.3) is 0 Å². The van der Waals surface area contributed by atoms with E-state index in [4.69, 9.17) is 8.94 Å². The summed E-state index contributed by atoms with van der Waals surface area (Å²) in [6, 6.07) is 15.2. The van der Waals surface area contributed by atoms with Crippen LogP contribution in [0.25, 0.3) is 11.1 Å². The number of pyridine rings is 1. The van der Waals surface area contributed by atoms with E-state index < -0.39 is 17.5 Å². The lowest BCUT2D eigenvalue weighted by atomic mass is 9.71. The minimum atomic E-state index is -3.70. The summed E-state index contributed by atoms with van der Waals surface area (Å²) in [4.78, 5) is 15.8. The van der Waals surface area contributed by atoms with E-state index in [0.29, 0.717) is 29.2 Å². The fraction of sp³-hybridized carbons (Fsp3) is 0.528. The smallest absolute Gasteiger partial charge is 0.468 e. The third-order valence-corrected chi connectivity index (χ3v) is 12.6. The normalized spacial score (nSPS) is 20.8. The predicted octanol–water partition coefficient (Wildman–Crippen LogP) is 13.8. The van der Waals surface area contributed by atoms with Crippen molar-refractivity contribution in [3.8, 4) is 22.6 Å². The second-order valence-electron chi connectivity index (χ2n) is 22.3. The molecule has 0 radical (unpaired) electrons. The van der Waals surface area contributed by atoms with E-state index in [1.165, 1.54) is 36.6 Å². The minimum Gasteiger partial charge on any atom is -0.468 e. The van der Waals surface area contributed by atoms with Crippen molar-refractivity contribution in [1.29, 1.82) is 0 Å². The second kappa shape index (κ2) is 18.7. The number of hydrazine groups is 1. The number of furan rings is 1. The molecule has 2 aromatic carbocycles. The van der Waals surface area contributed by atoms with Gasteiger partial charge in [-0.3, -0.25) is 15.2 Å². The van der Waals surface area contributed by atoms with E-state index in [-0.39, 0.29) is 40.1 Å². The largest absolute Gasteiger partial charge is 0.586 e. The molecule has 1 amide bonds. The Balaban J connectivity index is 0.000000147. The van der Waals surface area contributed by atoms with Gasteiger partial charge in [0, 0.05) is 52.8 Å². The highest BCUT2D eigenvalue weighted by Gasteiger charge is 2.44. The molecule has 5 heterocycles. The Labute approximate surface area is 388 Å². The first-order valence-corrected chi connectivity index (χ1v) is 23.0. The van der Waals surface area contributed by atoms with Gasteiger partial charge in [-0.1, -0.05) is 113 Å². The van der Waals surface area contributed by atoms with E-state index in [2.05, 4.69) is 106 Å². The SMILES string of the molecule is CC(C)(C)C1CCc2occ(-c3ccc(F)cc3)c2C1.CC(C)(C)c1cc2c(cc1F)OC(F)(F)O2.CC1CC(=O)NN1c1ncccc1C(C)(C)C.CC1CC1c1cc(C(C)(C)C)on1. The zero-order valence-electron chi connectivity index (χ0n) is 41.1. The van der Waals surface area contributed by atoms with Crippen molar-refractivity contribution < 1.29 is 40.8 Å². The topological polar surface area (TPSA) is 103 Å². The Kier molecular flexibility index (Phi) is 14.2. The fourth-order valence-corrected chi connectivity index (χ4v) is 8.30. The van der Waals surface area contributed by atoms with Gasteiger partial charge in [0.15, 0.2) is 17.3 Å². The van der Waals surface area contributed by atoms with Crippen LogP contribution in [0.5, 0.6) is 11.5 Å². The van der Waals surface area contributed by atoms with Crippen LogP contribution in [0.2, 0.25) is 0 Å². The first-order chi connectivity index (χ1) is 30.5. The van der Waals surface area contributed by atoms with Gasteiger partial charge in [-0.2, -0.15) is 0 Å². The lowest BCUT2D eigenvalue weighted by Gasteiger charge is -2.33. The number of alkyl halides is 2. The summed E-state index contributed by atoms with van der Waals surface area (Å²) in [5, 5.41) is 6.00. The number of hydrogen-bond donors (Lipinski definition) is 1. The summed E-state index contributed by atoms with van der Waals surface area (Å²) in [7, 11) is 0. The molecule has 2 fully saturated rings. The second-order valence-corrected chi connectivity index (χ2v) is 22.3. The molecule has 9 nitrogen and oxygen atoms in total. The highest BCUT2D eigenvalue weighted by Crippen LogP contribution is 2.47. The molecule has 1 N–H and O–H groups in total. The summed E-state index contributed by atoms with van der Waals surface area (Å²) in [5.41, 5.74) is 8.90. The standard InChI is InChI=1S/C18H21FO.C13H19N3O.C11H11F3O2.C11H17NO/c1-18(2,3)13-6-9-17-15(10-13)16(11-20-17)12-4-7-14(19)8-5-12;1-9-8-11(17)15-16(9)12-10(13(2,3)4)6-5-7-14-12;1-10(2,3)6-4-8-9(5-7(6)12)16-11(13,14)15-8;1-7-5-8(7)9-6-10(13-12-9)11(2,3)4/h4-5,7-8,11,13H,6,9-10H2,1-3H3;5-7,9H,8H2,1-4H3,(H,15,17);4-5H,1-3H3;6-8H,5H2,1-4H3. The molecule has 13 heteroatoms. The molecule has 2 aliphatic carbocycles. The number of aromatic nitrogens is 2. The molecule has 358 valence electrons. The molecular formula is C53H68F4N4O5. The van der Waals surface area contributed by atoms with Crippen molar-refractivity contribution in [3.05, 3.63) is 113 Å². The van der Waals surface area contributed by atoms with Gasteiger partial charge in [0.1, 0.15) is 23.2 Å². The molecule has 0 bridgehead atoms. The Bertz CT molecular complexity index is 2470.